The molecule has 114 valence electrons. The average Bonchev–Trinajstić information content (AvgIpc) is 2.50. The number of hydrazone groups is 1. The zero-order chi connectivity index (χ0) is 16.3. The van der Waals surface area contributed by atoms with Gasteiger partial charge >= 0.3 is 0 Å². The molecule has 0 heterocycles. The van der Waals surface area contributed by atoms with Gasteiger partial charge in [-0.25, -0.2) is 0 Å². The Morgan fingerprint density at radius 1 is 0.864 bits per heavy atom. The van der Waals surface area contributed by atoms with Crippen molar-refractivity contribution in [1.82, 2.24) is 5.43 Å². The lowest BCUT2D eigenvalue weighted by Gasteiger charge is -2.08. The van der Waals surface area contributed by atoms with Crippen molar-refractivity contribution in [3.63, 3.8) is 0 Å². The van der Waals surface area contributed by atoms with Crippen molar-refractivity contribution in [1.29, 1.82) is 0 Å². The fraction of sp³-hybridized carbons (Fsp3) is 0.0625. The first kappa shape index (κ1) is 17.2. The van der Waals surface area contributed by atoms with Crippen molar-refractivity contribution >= 4 is 57.8 Å². The summed E-state index contributed by atoms with van der Waals surface area (Å²) < 4.78 is 0. The second-order valence-electron chi connectivity index (χ2n) is 4.55. The molecule has 6 heteroatoms. The van der Waals surface area contributed by atoms with Crippen LogP contribution in [0.3, 0.4) is 0 Å². The van der Waals surface area contributed by atoms with Crippen LogP contribution in [0.1, 0.15) is 18.1 Å². The Kier molecular flexibility index (Phi) is 5.76. The van der Waals surface area contributed by atoms with Crippen LogP contribution in [0.2, 0.25) is 20.1 Å². The van der Waals surface area contributed by atoms with Gasteiger partial charge in [0.25, 0.3) is 0 Å². The molecule has 0 aliphatic carbocycles. The fourth-order valence-corrected chi connectivity index (χ4v) is 2.28. The second-order valence-corrected chi connectivity index (χ2v) is 6.17. The molecule has 2 rings (SSSR count). The topological polar surface area (TPSA) is 24.4 Å². The van der Waals surface area contributed by atoms with E-state index in [0.29, 0.717) is 25.8 Å². The normalized spacial score (nSPS) is 11.4. The van der Waals surface area contributed by atoms with Crippen molar-refractivity contribution in [3.05, 3.63) is 74.2 Å². The van der Waals surface area contributed by atoms with E-state index >= 15 is 0 Å². The molecule has 0 atom stereocenters. The Labute approximate surface area is 149 Å². The van der Waals surface area contributed by atoms with E-state index in [1.54, 1.807) is 24.3 Å². The van der Waals surface area contributed by atoms with E-state index in [1.807, 2.05) is 19.1 Å². The molecule has 0 aliphatic heterocycles. The third kappa shape index (κ3) is 4.17. The summed E-state index contributed by atoms with van der Waals surface area (Å²) in [5.41, 5.74) is 5.92. The van der Waals surface area contributed by atoms with Gasteiger partial charge < -0.3 is 0 Å². The maximum Gasteiger partial charge on any atom is 0.0649 e. The first-order valence-corrected chi connectivity index (χ1v) is 7.79. The van der Waals surface area contributed by atoms with Gasteiger partial charge in [0.1, 0.15) is 0 Å². The van der Waals surface area contributed by atoms with Crippen LogP contribution in [0.4, 0.5) is 0 Å². The number of rotatable bonds is 4. The predicted octanol–water partition coefficient (Wildman–Crippen LogP) is 6.28. The Bertz CT molecular complexity index is 754. The lowest BCUT2D eigenvalue weighted by molar-refractivity contribution is 0.991. The highest BCUT2D eigenvalue weighted by atomic mass is 35.5. The van der Waals surface area contributed by atoms with Crippen molar-refractivity contribution in [2.24, 2.45) is 5.10 Å². The molecule has 0 bridgehead atoms. The minimum Gasteiger partial charge on any atom is -0.278 e. The van der Waals surface area contributed by atoms with Crippen LogP contribution < -0.4 is 5.43 Å². The minimum atomic E-state index is 0.465. The molecule has 1 N–H and O–H groups in total. The van der Waals surface area contributed by atoms with E-state index in [9.17, 15) is 0 Å². The van der Waals surface area contributed by atoms with Crippen LogP contribution in [-0.4, -0.2) is 5.71 Å². The summed E-state index contributed by atoms with van der Waals surface area (Å²) in [6.07, 6.45) is 0. The molecule has 0 saturated carbocycles. The summed E-state index contributed by atoms with van der Waals surface area (Å²) in [4.78, 5) is 0. The molecule has 0 fully saturated rings. The highest BCUT2D eigenvalue weighted by molar-refractivity contribution is 6.42. The Morgan fingerprint density at radius 3 is 1.91 bits per heavy atom. The van der Waals surface area contributed by atoms with Crippen molar-refractivity contribution in [2.45, 2.75) is 6.92 Å². The molecule has 0 aliphatic rings. The average molecular weight is 374 g/mol. The van der Waals surface area contributed by atoms with Gasteiger partial charge in [0.15, 0.2) is 0 Å². The third-order valence-corrected chi connectivity index (χ3v) is 4.44. The lowest BCUT2D eigenvalue weighted by atomic mass is 10.1. The van der Waals surface area contributed by atoms with E-state index in [0.717, 1.165) is 16.8 Å². The van der Waals surface area contributed by atoms with Gasteiger partial charge in [-0.05, 0) is 36.8 Å². The fourth-order valence-electron chi connectivity index (χ4n) is 1.69. The van der Waals surface area contributed by atoms with Gasteiger partial charge in [-0.2, -0.15) is 5.10 Å². The molecular weight excluding hydrogens is 362 g/mol. The van der Waals surface area contributed by atoms with Crippen molar-refractivity contribution < 1.29 is 0 Å². The number of nitrogens with one attached hydrogen (secondary N) is 1. The maximum atomic E-state index is 6.00. The van der Waals surface area contributed by atoms with Gasteiger partial charge in [-0.3, -0.25) is 5.43 Å². The predicted molar refractivity (Wildman–Crippen MR) is 97.3 cm³/mol. The molecule has 0 radical (unpaired) electrons. The van der Waals surface area contributed by atoms with Crippen molar-refractivity contribution in [3.8, 4) is 0 Å². The van der Waals surface area contributed by atoms with E-state index < -0.39 is 0 Å². The Hall–Kier alpha value is -1.19. The molecule has 0 saturated heterocycles. The first-order chi connectivity index (χ1) is 10.4. The Morgan fingerprint density at radius 2 is 1.36 bits per heavy atom. The summed E-state index contributed by atoms with van der Waals surface area (Å²) >= 11 is 23.8. The number of halogens is 4. The molecule has 0 unspecified atom stereocenters. The van der Waals surface area contributed by atoms with E-state index in [4.69, 9.17) is 46.4 Å². The molecular formula is C16H12Cl4N2. The van der Waals surface area contributed by atoms with Gasteiger partial charge in [0, 0.05) is 5.56 Å². The standard InChI is InChI=1S/C16H12Cl4N2/c1-9(11-3-5-13(17)15(19)7-11)21-22-10(2)12-4-6-14(18)16(20)8-12/h3-8,21H,1H2,2H3/b22-10+. The Balaban J connectivity index is 2.14. The quantitative estimate of drug-likeness (QED) is 0.494. The molecule has 2 nitrogen and oxygen atoms in total. The highest BCUT2D eigenvalue weighted by Gasteiger charge is 2.04. The largest absolute Gasteiger partial charge is 0.278 e. The zero-order valence-electron chi connectivity index (χ0n) is 11.6. The van der Waals surface area contributed by atoms with Crippen LogP contribution in [0.15, 0.2) is 48.1 Å². The summed E-state index contributed by atoms with van der Waals surface area (Å²) in [6, 6.07) is 10.6. The minimum absolute atomic E-state index is 0.465. The maximum absolute atomic E-state index is 6.00. The van der Waals surface area contributed by atoms with Crippen LogP contribution in [0.25, 0.3) is 5.70 Å². The van der Waals surface area contributed by atoms with Gasteiger partial charge in [0.2, 0.25) is 0 Å². The molecule has 0 aromatic heterocycles. The number of hydrogen-bond acceptors (Lipinski definition) is 2. The van der Waals surface area contributed by atoms with E-state index in [2.05, 4.69) is 17.1 Å². The number of benzene rings is 2. The van der Waals surface area contributed by atoms with Gasteiger partial charge in [0.05, 0.1) is 31.5 Å². The van der Waals surface area contributed by atoms with Gasteiger partial charge in [-0.1, -0.05) is 65.1 Å². The monoisotopic (exact) mass is 372 g/mol. The number of nitrogens with zero attached hydrogens (tertiary/aromatic N) is 1. The van der Waals surface area contributed by atoms with E-state index in [1.165, 1.54) is 0 Å². The summed E-state index contributed by atoms with van der Waals surface area (Å²) in [5, 5.41) is 6.23. The summed E-state index contributed by atoms with van der Waals surface area (Å²) in [5.74, 6) is 0. The van der Waals surface area contributed by atoms with Crippen LogP contribution in [0.5, 0.6) is 0 Å². The molecule has 2 aromatic rings. The van der Waals surface area contributed by atoms with Crippen LogP contribution in [0, 0.1) is 0 Å². The molecule has 0 spiro atoms. The molecule has 2 aromatic carbocycles. The highest BCUT2D eigenvalue weighted by Crippen LogP contribution is 2.25. The van der Waals surface area contributed by atoms with Crippen molar-refractivity contribution in [2.75, 3.05) is 0 Å². The zero-order valence-corrected chi connectivity index (χ0v) is 14.7. The SMILES string of the molecule is C=C(N/N=C(\C)c1ccc(Cl)c(Cl)c1)c1ccc(Cl)c(Cl)c1. The molecule has 22 heavy (non-hydrogen) atoms. The lowest BCUT2D eigenvalue weighted by Crippen LogP contribution is -2.07. The number of hydrogen-bond donors (Lipinski definition) is 1. The summed E-state index contributed by atoms with van der Waals surface area (Å²) in [6.45, 7) is 5.78. The second kappa shape index (κ2) is 7.38. The van der Waals surface area contributed by atoms with Gasteiger partial charge in [-0.15, -0.1) is 0 Å². The van der Waals surface area contributed by atoms with E-state index in [-0.39, 0.29) is 0 Å². The van der Waals surface area contributed by atoms with Crippen LogP contribution in [-0.2, 0) is 0 Å². The molecule has 0 amide bonds. The smallest absolute Gasteiger partial charge is 0.0649 e. The first-order valence-electron chi connectivity index (χ1n) is 6.28. The summed E-state index contributed by atoms with van der Waals surface area (Å²) in [7, 11) is 0. The van der Waals surface area contributed by atoms with Crippen LogP contribution >= 0.6 is 46.4 Å². The third-order valence-electron chi connectivity index (χ3n) is 2.96.